The Hall–Kier alpha value is -3.69. The van der Waals surface area contributed by atoms with Crippen LogP contribution in [0.15, 0.2) is 30.5 Å². The van der Waals surface area contributed by atoms with Crippen LogP contribution in [0.3, 0.4) is 0 Å². The Bertz CT molecular complexity index is 1220. The highest BCUT2D eigenvalue weighted by molar-refractivity contribution is 6.02. The number of tetrazole rings is 1. The monoisotopic (exact) mass is 460 g/mol. The van der Waals surface area contributed by atoms with Gasteiger partial charge in [0.2, 0.25) is 11.7 Å². The summed E-state index contributed by atoms with van der Waals surface area (Å²) in [5.41, 5.74) is 2.94. The molecule has 0 spiro atoms. The Morgan fingerprint density at radius 2 is 1.97 bits per heavy atom. The van der Waals surface area contributed by atoms with Crippen LogP contribution in [0.1, 0.15) is 67.2 Å². The first-order valence-corrected chi connectivity index (χ1v) is 11.8. The van der Waals surface area contributed by atoms with Gasteiger partial charge in [-0.2, -0.15) is 0 Å². The largest absolute Gasteiger partial charge is 0.338 e. The average Bonchev–Trinajstić information content (AvgIpc) is 3.56. The molecule has 0 atom stereocenters. The van der Waals surface area contributed by atoms with Gasteiger partial charge in [0.25, 0.3) is 5.91 Å². The minimum atomic E-state index is -0.352. The molecule has 1 N–H and O–H groups in total. The molecule has 1 fully saturated rings. The third-order valence-corrected chi connectivity index (χ3v) is 6.55. The van der Waals surface area contributed by atoms with E-state index in [0.717, 1.165) is 43.2 Å². The molecule has 10 heteroatoms. The van der Waals surface area contributed by atoms with E-state index < -0.39 is 0 Å². The molecule has 34 heavy (non-hydrogen) atoms. The van der Waals surface area contributed by atoms with Crippen molar-refractivity contribution in [1.29, 1.82) is 0 Å². The van der Waals surface area contributed by atoms with Gasteiger partial charge < -0.3 is 10.2 Å². The molecule has 0 aromatic carbocycles. The van der Waals surface area contributed by atoms with Gasteiger partial charge in [0.05, 0.1) is 6.04 Å². The first-order chi connectivity index (χ1) is 16.5. The molecule has 10 nitrogen and oxygen atoms in total. The highest BCUT2D eigenvalue weighted by Crippen LogP contribution is 2.29. The van der Waals surface area contributed by atoms with Gasteiger partial charge in [-0.1, -0.05) is 18.9 Å². The van der Waals surface area contributed by atoms with Crippen molar-refractivity contribution >= 4 is 17.6 Å². The number of pyridine rings is 2. The molecule has 176 valence electrons. The second-order valence-corrected chi connectivity index (χ2v) is 9.23. The molecule has 5 rings (SSSR count). The van der Waals surface area contributed by atoms with Crippen LogP contribution in [0.4, 0.5) is 5.82 Å². The molecule has 3 aromatic heterocycles. The van der Waals surface area contributed by atoms with E-state index in [4.69, 9.17) is 0 Å². The van der Waals surface area contributed by atoms with Crippen LogP contribution in [0.5, 0.6) is 0 Å². The van der Waals surface area contributed by atoms with Gasteiger partial charge >= 0.3 is 0 Å². The van der Waals surface area contributed by atoms with Crippen molar-refractivity contribution in [2.24, 2.45) is 5.92 Å². The summed E-state index contributed by atoms with van der Waals surface area (Å²) in [6, 6.07) is 7.18. The standard InChI is InChI=1S/C24H28N8O2/c1-15(2)32-22(28-29-30-32)19-8-5-9-21(26-19)27-23(33)20-12-18-14-31(11-10-17(18)13-25-20)24(34)16-6-3-4-7-16/h5,8-9,12-13,15-16H,3-4,6-7,10-11,14H2,1-2H3,(H,26,27,33). The number of rotatable bonds is 5. The van der Waals surface area contributed by atoms with E-state index in [-0.39, 0.29) is 23.8 Å². The van der Waals surface area contributed by atoms with Crippen molar-refractivity contribution in [2.45, 2.75) is 58.5 Å². The summed E-state index contributed by atoms with van der Waals surface area (Å²) < 4.78 is 1.68. The summed E-state index contributed by atoms with van der Waals surface area (Å²) in [6.07, 6.45) is 6.76. The number of aromatic nitrogens is 6. The fraction of sp³-hybridized carbons (Fsp3) is 0.458. The molecular formula is C24H28N8O2. The van der Waals surface area contributed by atoms with E-state index >= 15 is 0 Å². The Morgan fingerprint density at radius 1 is 1.15 bits per heavy atom. The van der Waals surface area contributed by atoms with E-state index in [1.165, 1.54) is 0 Å². The molecule has 1 aliphatic heterocycles. The highest BCUT2D eigenvalue weighted by atomic mass is 16.2. The molecule has 0 unspecified atom stereocenters. The molecular weight excluding hydrogens is 432 g/mol. The van der Waals surface area contributed by atoms with Crippen molar-refractivity contribution in [3.8, 4) is 11.5 Å². The molecule has 3 aromatic rings. The Morgan fingerprint density at radius 3 is 2.76 bits per heavy atom. The first-order valence-electron chi connectivity index (χ1n) is 11.8. The molecule has 2 aliphatic rings. The van der Waals surface area contributed by atoms with E-state index in [2.05, 4.69) is 30.8 Å². The summed E-state index contributed by atoms with van der Waals surface area (Å²) in [6.45, 7) is 5.20. The van der Waals surface area contributed by atoms with Gasteiger partial charge in [-0.25, -0.2) is 9.67 Å². The van der Waals surface area contributed by atoms with E-state index in [1.807, 2.05) is 18.7 Å². The Kier molecular flexibility index (Phi) is 6.04. The number of nitrogens with zero attached hydrogens (tertiary/aromatic N) is 7. The number of carbonyl (C=O) groups is 2. The van der Waals surface area contributed by atoms with E-state index in [9.17, 15) is 9.59 Å². The predicted octanol–water partition coefficient (Wildman–Crippen LogP) is 3.04. The lowest BCUT2D eigenvalue weighted by molar-refractivity contribution is -0.136. The third kappa shape index (κ3) is 4.40. The normalized spacial score (nSPS) is 16.0. The number of carbonyl (C=O) groups excluding carboxylic acids is 2. The van der Waals surface area contributed by atoms with Crippen LogP contribution in [-0.4, -0.2) is 53.4 Å². The number of fused-ring (bicyclic) bond motifs is 1. The maximum atomic E-state index is 13.0. The van der Waals surface area contributed by atoms with Gasteiger partial charge in [-0.05, 0) is 72.9 Å². The fourth-order valence-corrected chi connectivity index (χ4v) is 4.70. The van der Waals surface area contributed by atoms with Gasteiger partial charge in [0, 0.05) is 25.2 Å². The van der Waals surface area contributed by atoms with Crippen LogP contribution in [0.2, 0.25) is 0 Å². The Balaban J connectivity index is 1.31. The first kappa shape index (κ1) is 22.1. The van der Waals surface area contributed by atoms with Crippen molar-refractivity contribution in [3.63, 3.8) is 0 Å². The van der Waals surface area contributed by atoms with Gasteiger partial charge in [0.15, 0.2) is 0 Å². The molecule has 2 amide bonds. The van der Waals surface area contributed by atoms with Crippen molar-refractivity contribution in [3.05, 3.63) is 47.3 Å². The average molecular weight is 461 g/mol. The zero-order valence-electron chi connectivity index (χ0n) is 19.4. The summed E-state index contributed by atoms with van der Waals surface area (Å²) in [4.78, 5) is 36.6. The lowest BCUT2D eigenvalue weighted by atomic mass is 9.98. The number of anilines is 1. The SMILES string of the molecule is CC(C)n1nnnc1-c1cccc(NC(=O)c2cc3c(cn2)CCN(C(=O)C2CCCC2)C3)n1. The lowest BCUT2D eigenvalue weighted by Gasteiger charge is -2.31. The van der Waals surface area contributed by atoms with Crippen LogP contribution in [0.25, 0.3) is 11.5 Å². The van der Waals surface area contributed by atoms with Crippen LogP contribution in [0, 0.1) is 5.92 Å². The predicted molar refractivity (Wildman–Crippen MR) is 125 cm³/mol. The molecule has 0 saturated heterocycles. The smallest absolute Gasteiger partial charge is 0.275 e. The Labute approximate surface area is 197 Å². The van der Waals surface area contributed by atoms with Crippen LogP contribution in [-0.2, 0) is 17.8 Å². The summed E-state index contributed by atoms with van der Waals surface area (Å²) in [5, 5.41) is 14.6. The summed E-state index contributed by atoms with van der Waals surface area (Å²) in [7, 11) is 0. The van der Waals surface area contributed by atoms with E-state index in [1.54, 1.807) is 35.1 Å². The molecule has 1 aliphatic carbocycles. The quantitative estimate of drug-likeness (QED) is 0.621. The van der Waals surface area contributed by atoms with Gasteiger partial charge in [0.1, 0.15) is 17.2 Å². The van der Waals surface area contributed by atoms with E-state index in [0.29, 0.717) is 36.1 Å². The third-order valence-electron chi connectivity index (χ3n) is 6.55. The number of hydrogen-bond donors (Lipinski definition) is 1. The van der Waals surface area contributed by atoms with Crippen molar-refractivity contribution in [1.82, 2.24) is 35.1 Å². The van der Waals surface area contributed by atoms with Crippen LogP contribution < -0.4 is 5.32 Å². The number of hydrogen-bond acceptors (Lipinski definition) is 7. The van der Waals surface area contributed by atoms with Gasteiger partial charge in [-0.3, -0.25) is 14.6 Å². The van der Waals surface area contributed by atoms with Crippen molar-refractivity contribution in [2.75, 3.05) is 11.9 Å². The maximum Gasteiger partial charge on any atom is 0.275 e. The molecule has 4 heterocycles. The highest BCUT2D eigenvalue weighted by Gasteiger charge is 2.29. The number of amides is 2. The summed E-state index contributed by atoms with van der Waals surface area (Å²) in [5.74, 6) is 0.968. The van der Waals surface area contributed by atoms with Gasteiger partial charge in [-0.15, -0.1) is 5.10 Å². The second kappa shape index (κ2) is 9.28. The minimum Gasteiger partial charge on any atom is -0.338 e. The lowest BCUT2D eigenvalue weighted by Crippen LogP contribution is -2.39. The topological polar surface area (TPSA) is 119 Å². The fourth-order valence-electron chi connectivity index (χ4n) is 4.70. The van der Waals surface area contributed by atoms with Crippen LogP contribution >= 0.6 is 0 Å². The second-order valence-electron chi connectivity index (χ2n) is 9.23. The zero-order chi connectivity index (χ0) is 23.7. The molecule has 1 saturated carbocycles. The minimum absolute atomic E-state index is 0.0739. The summed E-state index contributed by atoms with van der Waals surface area (Å²) >= 11 is 0. The van der Waals surface area contributed by atoms with Crippen molar-refractivity contribution < 1.29 is 9.59 Å². The molecule has 0 radical (unpaired) electrons. The number of nitrogens with one attached hydrogen (secondary N) is 1. The zero-order valence-corrected chi connectivity index (χ0v) is 19.4. The maximum absolute atomic E-state index is 13.0. The molecule has 0 bridgehead atoms.